The summed E-state index contributed by atoms with van der Waals surface area (Å²) >= 11 is 0. The highest BCUT2D eigenvalue weighted by Gasteiger charge is 2.18. The highest BCUT2D eigenvalue weighted by molar-refractivity contribution is 5.96. The van der Waals surface area contributed by atoms with Gasteiger partial charge in [-0.05, 0) is 23.5 Å². The minimum Gasteiger partial charge on any atom is -0.471 e. The Balaban J connectivity index is 1.75. The third-order valence-corrected chi connectivity index (χ3v) is 4.39. The van der Waals surface area contributed by atoms with Crippen molar-refractivity contribution in [1.29, 1.82) is 0 Å². The van der Waals surface area contributed by atoms with E-state index in [2.05, 4.69) is 24.3 Å². The smallest absolute Gasteiger partial charge is 0.258 e. The van der Waals surface area contributed by atoms with Crippen LogP contribution in [0.1, 0.15) is 41.8 Å². The number of carbonyl (C=O) groups is 1. The van der Waals surface area contributed by atoms with Crippen LogP contribution < -0.4 is 10.1 Å². The van der Waals surface area contributed by atoms with Crippen LogP contribution >= 0.6 is 0 Å². The highest BCUT2D eigenvalue weighted by atomic mass is 16.5. The summed E-state index contributed by atoms with van der Waals surface area (Å²) in [5, 5.41) is 7.49. The summed E-state index contributed by atoms with van der Waals surface area (Å²) in [7, 11) is 0. The predicted molar refractivity (Wildman–Crippen MR) is 110 cm³/mol. The lowest BCUT2D eigenvalue weighted by Crippen LogP contribution is -2.25. The fourth-order valence-corrected chi connectivity index (χ4v) is 2.81. The second kappa shape index (κ2) is 9.74. The summed E-state index contributed by atoms with van der Waals surface area (Å²) < 4.78 is 7.65. The lowest BCUT2D eigenvalue weighted by molar-refractivity contribution is 0.0947. The minimum absolute atomic E-state index is 0.150. The largest absolute Gasteiger partial charge is 0.471 e. The molecule has 1 heterocycles. The van der Waals surface area contributed by atoms with Crippen molar-refractivity contribution in [3.05, 3.63) is 83.6 Å². The molecule has 0 atom stereocenters. The van der Waals surface area contributed by atoms with Crippen molar-refractivity contribution in [3.8, 4) is 5.88 Å². The van der Waals surface area contributed by atoms with E-state index in [0.717, 1.165) is 17.5 Å². The van der Waals surface area contributed by atoms with E-state index in [-0.39, 0.29) is 5.91 Å². The molecule has 3 rings (SSSR count). The van der Waals surface area contributed by atoms with Crippen molar-refractivity contribution in [2.75, 3.05) is 6.54 Å². The average molecular weight is 377 g/mol. The van der Waals surface area contributed by atoms with Crippen LogP contribution in [0.25, 0.3) is 0 Å². The van der Waals surface area contributed by atoms with Gasteiger partial charge >= 0.3 is 0 Å². The number of nitrogens with zero attached hydrogens (tertiary/aromatic N) is 2. The summed E-state index contributed by atoms with van der Waals surface area (Å²) in [5.41, 5.74) is 2.62. The van der Waals surface area contributed by atoms with Crippen LogP contribution in [0, 0.1) is 5.92 Å². The Bertz CT molecular complexity index is 873. The van der Waals surface area contributed by atoms with Gasteiger partial charge in [-0.15, -0.1) is 5.10 Å². The normalized spacial score (nSPS) is 10.8. The first kappa shape index (κ1) is 19.7. The number of amides is 1. The number of hydrogen-bond acceptors (Lipinski definition) is 3. The van der Waals surface area contributed by atoms with E-state index in [1.165, 1.54) is 0 Å². The molecular formula is C23H27N3O2. The molecule has 1 N–H and O–H groups in total. The molecule has 5 nitrogen and oxygen atoms in total. The van der Waals surface area contributed by atoms with E-state index in [4.69, 9.17) is 4.74 Å². The van der Waals surface area contributed by atoms with E-state index in [9.17, 15) is 4.79 Å². The van der Waals surface area contributed by atoms with Gasteiger partial charge in [-0.1, -0.05) is 74.5 Å². The maximum Gasteiger partial charge on any atom is 0.258 e. The molecule has 0 saturated carbocycles. The molecule has 2 aromatic carbocycles. The maximum atomic E-state index is 12.7. The lowest BCUT2D eigenvalue weighted by atomic mass is 10.1. The number of rotatable bonds is 9. The van der Waals surface area contributed by atoms with Gasteiger partial charge < -0.3 is 10.1 Å². The Kier molecular flexibility index (Phi) is 6.84. The van der Waals surface area contributed by atoms with E-state index < -0.39 is 0 Å². The second-order valence-corrected chi connectivity index (χ2v) is 7.24. The topological polar surface area (TPSA) is 56.2 Å². The fourth-order valence-electron chi connectivity index (χ4n) is 2.81. The number of carbonyl (C=O) groups excluding carboxylic acids is 1. The quantitative estimate of drug-likeness (QED) is 0.605. The third kappa shape index (κ3) is 5.71. The number of nitrogens with one attached hydrogen (secondary N) is 1. The van der Waals surface area contributed by atoms with Gasteiger partial charge in [0.15, 0.2) is 0 Å². The lowest BCUT2D eigenvalue weighted by Gasteiger charge is -2.08. The number of benzene rings is 2. The van der Waals surface area contributed by atoms with Crippen LogP contribution in [0.15, 0.2) is 66.9 Å². The first-order valence-corrected chi connectivity index (χ1v) is 9.68. The van der Waals surface area contributed by atoms with E-state index in [1.54, 1.807) is 10.9 Å². The zero-order chi connectivity index (χ0) is 19.8. The van der Waals surface area contributed by atoms with Crippen LogP contribution in [-0.2, 0) is 13.2 Å². The Morgan fingerprint density at radius 3 is 2.32 bits per heavy atom. The van der Waals surface area contributed by atoms with Crippen LogP contribution in [0.5, 0.6) is 5.88 Å². The molecule has 0 radical (unpaired) electrons. The van der Waals surface area contributed by atoms with Gasteiger partial charge in [0.2, 0.25) is 5.88 Å². The molecule has 0 fully saturated rings. The Hall–Kier alpha value is -3.08. The van der Waals surface area contributed by atoms with Gasteiger partial charge in [-0.25, -0.2) is 0 Å². The first-order valence-electron chi connectivity index (χ1n) is 9.68. The molecule has 0 saturated heterocycles. The van der Waals surface area contributed by atoms with Crippen molar-refractivity contribution >= 4 is 5.91 Å². The number of hydrogen-bond donors (Lipinski definition) is 1. The van der Waals surface area contributed by atoms with E-state index in [1.807, 2.05) is 60.7 Å². The molecule has 1 amide bonds. The summed E-state index contributed by atoms with van der Waals surface area (Å²) in [6.07, 6.45) is 2.70. The predicted octanol–water partition coefficient (Wildman–Crippen LogP) is 4.29. The molecule has 0 aliphatic carbocycles. The van der Waals surface area contributed by atoms with Crippen molar-refractivity contribution in [1.82, 2.24) is 15.1 Å². The van der Waals surface area contributed by atoms with Gasteiger partial charge in [-0.3, -0.25) is 9.48 Å². The Morgan fingerprint density at radius 1 is 1.04 bits per heavy atom. The number of ether oxygens (including phenoxy) is 1. The third-order valence-electron chi connectivity index (χ3n) is 4.39. The molecule has 0 aliphatic heterocycles. The van der Waals surface area contributed by atoms with Crippen LogP contribution in [0.2, 0.25) is 0 Å². The Labute approximate surface area is 166 Å². The van der Waals surface area contributed by atoms with Crippen LogP contribution in [0.4, 0.5) is 0 Å². The SMILES string of the molecule is CC(C)CCNC(=O)c1cn(Cc2ccccc2)nc1OCc1ccccc1. The van der Waals surface area contributed by atoms with Gasteiger partial charge in [0.25, 0.3) is 5.91 Å². The van der Waals surface area contributed by atoms with Crippen LogP contribution in [-0.4, -0.2) is 22.2 Å². The zero-order valence-corrected chi connectivity index (χ0v) is 16.5. The number of aromatic nitrogens is 2. The highest BCUT2D eigenvalue weighted by Crippen LogP contribution is 2.19. The molecule has 5 heteroatoms. The van der Waals surface area contributed by atoms with E-state index >= 15 is 0 Å². The molecule has 0 aliphatic rings. The summed E-state index contributed by atoms with van der Waals surface area (Å²) in [5.74, 6) is 0.750. The maximum absolute atomic E-state index is 12.7. The first-order chi connectivity index (χ1) is 13.6. The summed E-state index contributed by atoms with van der Waals surface area (Å²) in [6, 6.07) is 19.9. The molecule has 0 unspecified atom stereocenters. The van der Waals surface area contributed by atoms with Gasteiger partial charge in [-0.2, -0.15) is 0 Å². The van der Waals surface area contributed by atoms with Gasteiger partial charge in [0.05, 0.1) is 6.54 Å². The fraction of sp³-hybridized carbons (Fsp3) is 0.304. The van der Waals surface area contributed by atoms with Gasteiger partial charge in [0.1, 0.15) is 12.2 Å². The van der Waals surface area contributed by atoms with Gasteiger partial charge in [0, 0.05) is 12.7 Å². The molecule has 146 valence electrons. The molecule has 0 bridgehead atoms. The monoisotopic (exact) mass is 377 g/mol. The summed E-state index contributed by atoms with van der Waals surface area (Å²) in [6.45, 7) is 5.87. The van der Waals surface area contributed by atoms with Crippen molar-refractivity contribution in [3.63, 3.8) is 0 Å². The second-order valence-electron chi connectivity index (χ2n) is 7.24. The molecule has 1 aromatic heterocycles. The minimum atomic E-state index is -0.150. The molecular weight excluding hydrogens is 350 g/mol. The van der Waals surface area contributed by atoms with Crippen molar-refractivity contribution in [2.24, 2.45) is 5.92 Å². The van der Waals surface area contributed by atoms with Crippen molar-refractivity contribution < 1.29 is 9.53 Å². The van der Waals surface area contributed by atoms with Crippen molar-refractivity contribution in [2.45, 2.75) is 33.4 Å². The van der Waals surface area contributed by atoms with E-state index in [0.29, 0.717) is 37.1 Å². The van der Waals surface area contributed by atoms with Crippen LogP contribution in [0.3, 0.4) is 0 Å². The molecule has 0 spiro atoms. The standard InChI is InChI=1S/C23H27N3O2/c1-18(2)13-14-24-22(27)21-16-26(15-19-9-5-3-6-10-19)25-23(21)28-17-20-11-7-4-8-12-20/h3-12,16,18H,13-15,17H2,1-2H3,(H,24,27). The Morgan fingerprint density at radius 2 is 1.68 bits per heavy atom. The molecule has 3 aromatic rings. The average Bonchev–Trinajstić information content (AvgIpc) is 3.10. The zero-order valence-electron chi connectivity index (χ0n) is 16.5. The molecule has 28 heavy (non-hydrogen) atoms. The summed E-state index contributed by atoms with van der Waals surface area (Å²) in [4.78, 5) is 12.7.